The first kappa shape index (κ1) is 22.0. The van der Waals surface area contributed by atoms with E-state index < -0.39 is 5.97 Å². The maximum atomic E-state index is 11.7. The third-order valence-corrected chi connectivity index (χ3v) is 4.88. The van der Waals surface area contributed by atoms with Gasteiger partial charge in [-0.1, -0.05) is 29.3 Å². The molecule has 0 heterocycles. The van der Waals surface area contributed by atoms with Crippen LogP contribution in [-0.2, 0) is 4.74 Å². The maximum absolute atomic E-state index is 11.7. The van der Waals surface area contributed by atoms with Crippen LogP contribution in [0.3, 0.4) is 0 Å². The minimum absolute atomic E-state index is 0.300. The van der Waals surface area contributed by atoms with E-state index in [1.807, 2.05) is 0 Å². The van der Waals surface area contributed by atoms with Gasteiger partial charge in [0.25, 0.3) is 0 Å². The first-order valence-electron chi connectivity index (χ1n) is 9.19. The van der Waals surface area contributed by atoms with Crippen LogP contribution in [0.25, 0.3) is 0 Å². The van der Waals surface area contributed by atoms with Crippen molar-refractivity contribution >= 4 is 46.3 Å². The van der Waals surface area contributed by atoms with Gasteiger partial charge in [-0.3, -0.25) is 0 Å². The number of nitrogens with zero attached hydrogens (tertiary/aromatic N) is 1. The van der Waals surface area contributed by atoms with Gasteiger partial charge in [-0.25, -0.2) is 4.79 Å². The standard InChI is InChI=1S/C21H26ClN3O2S/c1-4-25(17-9-6-15(2)7-10-17)13-5-12-23-21(28)24-16-8-11-19(22)18(14-16)20(26)27-3/h6-11,14H,4-5,12-13H2,1-3H3,(H2,23,24,28). The third-order valence-electron chi connectivity index (χ3n) is 4.30. The number of hydrogen-bond donors (Lipinski definition) is 2. The summed E-state index contributed by atoms with van der Waals surface area (Å²) in [6.07, 6.45) is 0.942. The molecule has 2 rings (SSSR count). The SMILES string of the molecule is CCN(CCCNC(=S)Nc1ccc(Cl)c(C(=O)OC)c1)c1ccc(C)cc1. The number of carbonyl (C=O) groups excluding carboxylic acids is 1. The monoisotopic (exact) mass is 419 g/mol. The Morgan fingerprint density at radius 3 is 2.57 bits per heavy atom. The number of esters is 1. The van der Waals surface area contributed by atoms with E-state index in [4.69, 9.17) is 28.6 Å². The molecule has 0 spiro atoms. The molecule has 2 aromatic rings. The molecule has 0 unspecified atom stereocenters. The molecule has 0 fully saturated rings. The number of thiocarbonyl (C=S) groups is 1. The van der Waals surface area contributed by atoms with E-state index in [0.717, 1.165) is 26.1 Å². The molecule has 0 saturated heterocycles. The van der Waals surface area contributed by atoms with Gasteiger partial charge in [0.05, 0.1) is 17.7 Å². The van der Waals surface area contributed by atoms with Crippen molar-refractivity contribution in [3.05, 3.63) is 58.6 Å². The number of rotatable bonds is 8. The molecule has 0 saturated carbocycles. The predicted octanol–water partition coefficient (Wildman–Crippen LogP) is 4.64. The van der Waals surface area contributed by atoms with E-state index in [2.05, 4.69) is 53.6 Å². The van der Waals surface area contributed by atoms with Gasteiger partial charge in [-0.2, -0.15) is 0 Å². The lowest BCUT2D eigenvalue weighted by Crippen LogP contribution is -2.32. The largest absolute Gasteiger partial charge is 0.465 e. The number of benzene rings is 2. The highest BCUT2D eigenvalue weighted by Gasteiger charge is 2.12. The Morgan fingerprint density at radius 1 is 1.21 bits per heavy atom. The van der Waals surface area contributed by atoms with E-state index in [-0.39, 0.29) is 0 Å². The summed E-state index contributed by atoms with van der Waals surface area (Å²) in [7, 11) is 1.32. The molecule has 2 N–H and O–H groups in total. The molecular weight excluding hydrogens is 394 g/mol. The molecule has 150 valence electrons. The van der Waals surface area contributed by atoms with Crippen LogP contribution in [0.1, 0.15) is 29.3 Å². The number of halogens is 1. The van der Waals surface area contributed by atoms with Crippen molar-refractivity contribution in [1.82, 2.24) is 5.32 Å². The molecule has 5 nitrogen and oxygen atoms in total. The summed E-state index contributed by atoms with van der Waals surface area (Å²) >= 11 is 11.4. The van der Waals surface area contributed by atoms with Crippen molar-refractivity contribution in [3.63, 3.8) is 0 Å². The van der Waals surface area contributed by atoms with E-state index in [1.165, 1.54) is 18.4 Å². The molecule has 0 aliphatic rings. The van der Waals surface area contributed by atoms with Crippen molar-refractivity contribution < 1.29 is 9.53 Å². The first-order valence-corrected chi connectivity index (χ1v) is 9.97. The van der Waals surface area contributed by atoms with Crippen molar-refractivity contribution in [1.29, 1.82) is 0 Å². The second kappa shape index (κ2) is 10.9. The Hall–Kier alpha value is -2.31. The van der Waals surface area contributed by atoms with Crippen molar-refractivity contribution in [2.75, 3.05) is 37.0 Å². The lowest BCUT2D eigenvalue weighted by atomic mass is 10.2. The van der Waals surface area contributed by atoms with Crippen LogP contribution in [-0.4, -0.2) is 37.8 Å². The summed E-state index contributed by atoms with van der Waals surface area (Å²) in [5.41, 5.74) is 3.46. The van der Waals surface area contributed by atoms with Gasteiger partial charge in [0, 0.05) is 31.0 Å². The molecule has 0 aromatic heterocycles. The zero-order chi connectivity index (χ0) is 20.5. The number of ether oxygens (including phenoxy) is 1. The Balaban J connectivity index is 1.81. The summed E-state index contributed by atoms with van der Waals surface area (Å²) in [5, 5.41) is 7.10. The van der Waals surface area contributed by atoms with Crippen LogP contribution in [0.4, 0.5) is 11.4 Å². The second-order valence-corrected chi connectivity index (χ2v) is 7.15. The number of hydrogen-bond acceptors (Lipinski definition) is 4. The Labute approximate surface area is 177 Å². The minimum atomic E-state index is -0.483. The normalized spacial score (nSPS) is 10.3. The van der Waals surface area contributed by atoms with Gasteiger partial charge >= 0.3 is 5.97 Å². The smallest absolute Gasteiger partial charge is 0.339 e. The van der Waals surface area contributed by atoms with Crippen LogP contribution in [0, 0.1) is 6.92 Å². The molecule has 0 atom stereocenters. The summed E-state index contributed by atoms with van der Waals surface area (Å²) in [6.45, 7) is 6.87. The van der Waals surface area contributed by atoms with Crippen LogP contribution in [0.15, 0.2) is 42.5 Å². The molecule has 0 bridgehead atoms. The first-order chi connectivity index (χ1) is 13.4. The highest BCUT2D eigenvalue weighted by atomic mass is 35.5. The lowest BCUT2D eigenvalue weighted by molar-refractivity contribution is 0.0601. The topological polar surface area (TPSA) is 53.6 Å². The fraction of sp³-hybridized carbons (Fsp3) is 0.333. The number of methoxy groups -OCH3 is 1. The summed E-state index contributed by atoms with van der Waals surface area (Å²) in [6, 6.07) is 13.6. The third kappa shape index (κ3) is 6.39. The minimum Gasteiger partial charge on any atom is -0.465 e. The van der Waals surface area contributed by atoms with E-state index >= 15 is 0 Å². The van der Waals surface area contributed by atoms with Gasteiger partial charge in [0.1, 0.15) is 0 Å². The predicted molar refractivity (Wildman–Crippen MR) is 121 cm³/mol. The highest BCUT2D eigenvalue weighted by Crippen LogP contribution is 2.21. The molecule has 2 aromatic carbocycles. The summed E-state index contributed by atoms with van der Waals surface area (Å²) < 4.78 is 4.73. The highest BCUT2D eigenvalue weighted by molar-refractivity contribution is 7.80. The average molecular weight is 420 g/mol. The Morgan fingerprint density at radius 2 is 1.93 bits per heavy atom. The van der Waals surface area contributed by atoms with Crippen LogP contribution in [0.5, 0.6) is 0 Å². The van der Waals surface area contributed by atoms with Gasteiger partial charge in [-0.05, 0) is 62.8 Å². The fourth-order valence-corrected chi connectivity index (χ4v) is 3.16. The number of aryl methyl sites for hydroxylation is 1. The molecular formula is C21H26ClN3O2S. The Bertz CT molecular complexity index is 812. The number of nitrogens with one attached hydrogen (secondary N) is 2. The average Bonchev–Trinajstić information content (AvgIpc) is 2.70. The molecule has 28 heavy (non-hydrogen) atoms. The van der Waals surface area contributed by atoms with Gasteiger partial charge in [-0.15, -0.1) is 0 Å². The number of carbonyl (C=O) groups is 1. The van der Waals surface area contributed by atoms with Gasteiger partial charge in [0.2, 0.25) is 0 Å². The Kier molecular flexibility index (Phi) is 8.54. The fourth-order valence-electron chi connectivity index (χ4n) is 2.74. The van der Waals surface area contributed by atoms with E-state index in [1.54, 1.807) is 18.2 Å². The maximum Gasteiger partial charge on any atom is 0.339 e. The second-order valence-electron chi connectivity index (χ2n) is 6.34. The summed E-state index contributed by atoms with van der Waals surface area (Å²) in [4.78, 5) is 14.1. The van der Waals surface area contributed by atoms with Gasteiger partial charge < -0.3 is 20.3 Å². The summed E-state index contributed by atoms with van der Waals surface area (Å²) in [5.74, 6) is -0.483. The van der Waals surface area contributed by atoms with E-state index in [0.29, 0.717) is 21.4 Å². The zero-order valence-corrected chi connectivity index (χ0v) is 18.0. The van der Waals surface area contributed by atoms with Crippen molar-refractivity contribution in [2.24, 2.45) is 0 Å². The van der Waals surface area contributed by atoms with Crippen LogP contribution in [0.2, 0.25) is 5.02 Å². The molecule has 7 heteroatoms. The van der Waals surface area contributed by atoms with Crippen molar-refractivity contribution in [3.8, 4) is 0 Å². The van der Waals surface area contributed by atoms with Crippen LogP contribution >= 0.6 is 23.8 Å². The van der Waals surface area contributed by atoms with Crippen molar-refractivity contribution in [2.45, 2.75) is 20.3 Å². The number of anilines is 2. The zero-order valence-electron chi connectivity index (χ0n) is 16.4. The molecule has 0 aliphatic heterocycles. The molecule has 0 aliphatic carbocycles. The van der Waals surface area contributed by atoms with Crippen LogP contribution < -0.4 is 15.5 Å². The molecule has 0 amide bonds. The molecule has 0 radical (unpaired) electrons. The lowest BCUT2D eigenvalue weighted by Gasteiger charge is -2.23. The van der Waals surface area contributed by atoms with E-state index in [9.17, 15) is 4.79 Å². The quantitative estimate of drug-likeness (QED) is 0.369. The van der Waals surface area contributed by atoms with Gasteiger partial charge in [0.15, 0.2) is 5.11 Å².